The second-order valence-electron chi connectivity index (χ2n) is 5.16. The number of hydrogen-bond donors (Lipinski definition) is 0. The Morgan fingerprint density at radius 3 is 1.94 bits per heavy atom. The maximum Gasteiger partial charge on any atom is 0.334 e. The summed E-state index contributed by atoms with van der Waals surface area (Å²) in [6, 6.07) is 2.09. The summed E-state index contributed by atoms with van der Waals surface area (Å²) in [5, 5.41) is 9.26. The summed E-state index contributed by atoms with van der Waals surface area (Å²) in [6.07, 6.45) is -0.0392. The second kappa shape index (κ2) is 6.83. The zero-order chi connectivity index (χ0) is 14.4. The normalized spacial score (nSPS) is 16.1. The fourth-order valence-corrected chi connectivity index (χ4v) is 5.17. The zero-order valence-corrected chi connectivity index (χ0v) is 14.0. The summed E-state index contributed by atoms with van der Waals surface area (Å²) in [6.45, 7) is 11.6. The highest BCUT2D eigenvalue weighted by Crippen LogP contribution is 2.51. The van der Waals surface area contributed by atoms with Crippen LogP contribution in [0.2, 0.25) is 19.6 Å². The lowest BCUT2D eigenvalue weighted by Crippen LogP contribution is -2.42. The van der Waals surface area contributed by atoms with Gasteiger partial charge in [0.2, 0.25) is 0 Å². The van der Waals surface area contributed by atoms with Crippen molar-refractivity contribution < 1.29 is 18.0 Å². The Hall–Kier alpha value is -0.183. The lowest BCUT2D eigenvalue weighted by molar-refractivity contribution is 0.144. The van der Waals surface area contributed by atoms with Crippen LogP contribution in [-0.4, -0.2) is 33.3 Å². The van der Waals surface area contributed by atoms with Crippen molar-refractivity contribution in [2.24, 2.45) is 0 Å². The molecule has 5 nitrogen and oxygen atoms in total. The molecule has 7 heteroatoms. The Morgan fingerprint density at radius 2 is 1.67 bits per heavy atom. The molecule has 0 spiro atoms. The van der Waals surface area contributed by atoms with Crippen LogP contribution in [0.4, 0.5) is 0 Å². The van der Waals surface area contributed by atoms with Crippen LogP contribution in [-0.2, 0) is 18.0 Å². The number of rotatable bonds is 8. The molecule has 0 aromatic rings. The van der Waals surface area contributed by atoms with Crippen molar-refractivity contribution in [3.05, 3.63) is 0 Å². The van der Waals surface area contributed by atoms with Crippen LogP contribution in [0.25, 0.3) is 0 Å². The fraction of sp³-hybridized carbons (Fsp3) is 0.909. The maximum atomic E-state index is 12.4. The van der Waals surface area contributed by atoms with Gasteiger partial charge in [-0.3, -0.25) is 4.57 Å². The highest BCUT2D eigenvalue weighted by atomic mass is 31.2. The van der Waals surface area contributed by atoms with Crippen molar-refractivity contribution in [2.75, 3.05) is 19.4 Å². The standard InChI is InChI=1S/C11H24NO4PSi/c1-7-14-17(13,15-8-2)10-11(3,9-12)16-18(4,5)6/h7-8,10H2,1-6H3. The van der Waals surface area contributed by atoms with Crippen molar-refractivity contribution in [3.63, 3.8) is 0 Å². The third-order valence-corrected chi connectivity index (χ3v) is 5.27. The summed E-state index contributed by atoms with van der Waals surface area (Å²) in [5.41, 5.74) is -1.13. The average molecular weight is 293 g/mol. The molecule has 0 amide bonds. The van der Waals surface area contributed by atoms with Crippen LogP contribution in [0.15, 0.2) is 0 Å². The molecule has 0 N–H and O–H groups in total. The molecule has 0 bridgehead atoms. The van der Waals surface area contributed by atoms with Crippen LogP contribution in [0.3, 0.4) is 0 Å². The third-order valence-electron chi connectivity index (χ3n) is 1.91. The zero-order valence-electron chi connectivity index (χ0n) is 12.1. The van der Waals surface area contributed by atoms with E-state index in [4.69, 9.17) is 13.5 Å². The molecule has 0 aliphatic heterocycles. The molecule has 0 aliphatic carbocycles. The molecule has 0 rings (SSSR count). The van der Waals surface area contributed by atoms with Crippen molar-refractivity contribution >= 4 is 15.9 Å². The first kappa shape index (κ1) is 17.8. The molecule has 0 saturated heterocycles. The molecule has 0 heterocycles. The van der Waals surface area contributed by atoms with E-state index in [2.05, 4.69) is 6.07 Å². The fourth-order valence-electron chi connectivity index (χ4n) is 1.66. The molecule has 18 heavy (non-hydrogen) atoms. The summed E-state index contributed by atoms with van der Waals surface area (Å²) in [5.74, 6) is 0. The molecule has 0 radical (unpaired) electrons. The Bertz CT molecular complexity index is 340. The maximum absolute atomic E-state index is 12.4. The average Bonchev–Trinajstić information content (AvgIpc) is 2.14. The Balaban J connectivity index is 4.98. The highest BCUT2D eigenvalue weighted by molar-refractivity contribution is 7.54. The van der Waals surface area contributed by atoms with Gasteiger partial charge in [0.05, 0.1) is 25.4 Å². The topological polar surface area (TPSA) is 68.6 Å². The van der Waals surface area contributed by atoms with Crippen molar-refractivity contribution in [1.29, 1.82) is 5.26 Å². The predicted octanol–water partition coefficient (Wildman–Crippen LogP) is 3.39. The van der Waals surface area contributed by atoms with Crippen LogP contribution in [0, 0.1) is 11.3 Å². The minimum absolute atomic E-state index is 0.0392. The van der Waals surface area contributed by atoms with Crippen LogP contribution < -0.4 is 0 Å². The van der Waals surface area contributed by atoms with E-state index in [-0.39, 0.29) is 19.4 Å². The van der Waals surface area contributed by atoms with E-state index >= 15 is 0 Å². The predicted molar refractivity (Wildman–Crippen MR) is 74.2 cm³/mol. The molecule has 0 saturated carbocycles. The molecule has 0 aromatic heterocycles. The summed E-state index contributed by atoms with van der Waals surface area (Å²) in [7, 11) is -5.18. The van der Waals surface area contributed by atoms with Crippen molar-refractivity contribution in [2.45, 2.75) is 46.0 Å². The molecule has 1 unspecified atom stereocenters. The summed E-state index contributed by atoms with van der Waals surface area (Å²) in [4.78, 5) is 0. The van der Waals surface area contributed by atoms with E-state index in [0.717, 1.165) is 0 Å². The second-order valence-corrected chi connectivity index (χ2v) is 11.6. The van der Waals surface area contributed by atoms with Gasteiger partial charge >= 0.3 is 7.60 Å². The smallest absolute Gasteiger partial charge is 0.334 e. The summed E-state index contributed by atoms with van der Waals surface area (Å²) < 4.78 is 28.6. The molecular formula is C11H24NO4PSi. The largest absolute Gasteiger partial charge is 0.400 e. The first-order valence-electron chi connectivity index (χ1n) is 6.09. The Morgan fingerprint density at radius 1 is 1.22 bits per heavy atom. The minimum Gasteiger partial charge on any atom is -0.400 e. The van der Waals surface area contributed by atoms with E-state index in [1.807, 2.05) is 19.6 Å². The van der Waals surface area contributed by atoms with Crippen LogP contribution in [0.5, 0.6) is 0 Å². The first-order chi connectivity index (χ1) is 8.10. The van der Waals surface area contributed by atoms with Crippen molar-refractivity contribution in [1.82, 2.24) is 0 Å². The van der Waals surface area contributed by atoms with Gasteiger partial charge in [-0.05, 0) is 40.4 Å². The van der Waals surface area contributed by atoms with Crippen LogP contribution in [0.1, 0.15) is 20.8 Å². The SMILES string of the molecule is CCOP(=O)(CC(C)(C#N)O[Si](C)(C)C)OCC. The molecule has 0 fully saturated rings. The van der Waals surface area contributed by atoms with E-state index in [9.17, 15) is 9.83 Å². The van der Waals surface area contributed by atoms with Gasteiger partial charge in [0.15, 0.2) is 13.9 Å². The third kappa shape index (κ3) is 6.67. The molecular weight excluding hydrogens is 269 g/mol. The van der Waals surface area contributed by atoms with E-state index < -0.39 is 21.5 Å². The highest BCUT2D eigenvalue weighted by Gasteiger charge is 2.40. The molecule has 0 aromatic carbocycles. The van der Waals surface area contributed by atoms with Gasteiger partial charge < -0.3 is 13.5 Å². The van der Waals surface area contributed by atoms with E-state index in [1.165, 1.54) is 0 Å². The van der Waals surface area contributed by atoms with Gasteiger partial charge in [0, 0.05) is 0 Å². The van der Waals surface area contributed by atoms with Gasteiger partial charge in [0.25, 0.3) is 0 Å². The lowest BCUT2D eigenvalue weighted by Gasteiger charge is -2.32. The van der Waals surface area contributed by atoms with E-state index in [0.29, 0.717) is 0 Å². The van der Waals surface area contributed by atoms with E-state index in [1.54, 1.807) is 20.8 Å². The van der Waals surface area contributed by atoms with Crippen LogP contribution >= 0.6 is 7.60 Å². The number of nitriles is 1. The van der Waals surface area contributed by atoms with Gasteiger partial charge in [0.1, 0.15) is 0 Å². The molecule has 0 aliphatic rings. The number of nitrogens with zero attached hydrogens (tertiary/aromatic N) is 1. The molecule has 106 valence electrons. The molecule has 1 atom stereocenters. The van der Waals surface area contributed by atoms with Crippen molar-refractivity contribution in [3.8, 4) is 6.07 Å². The minimum atomic E-state index is -3.27. The monoisotopic (exact) mass is 293 g/mol. The lowest BCUT2D eigenvalue weighted by atomic mass is 10.2. The van der Waals surface area contributed by atoms with Gasteiger partial charge in [-0.15, -0.1) is 0 Å². The number of hydrogen-bond acceptors (Lipinski definition) is 5. The quantitative estimate of drug-likeness (QED) is 0.507. The Labute approximate surface area is 111 Å². The van der Waals surface area contributed by atoms with Gasteiger partial charge in [-0.1, -0.05) is 0 Å². The van der Waals surface area contributed by atoms with Gasteiger partial charge in [-0.2, -0.15) is 5.26 Å². The summed E-state index contributed by atoms with van der Waals surface area (Å²) >= 11 is 0. The Kier molecular flexibility index (Phi) is 6.76. The first-order valence-corrected chi connectivity index (χ1v) is 11.2. The van der Waals surface area contributed by atoms with Gasteiger partial charge in [-0.25, -0.2) is 0 Å².